The summed E-state index contributed by atoms with van der Waals surface area (Å²) in [6, 6.07) is 5.36. The number of benzene rings is 1. The predicted octanol–water partition coefficient (Wildman–Crippen LogP) is 2.57. The van der Waals surface area contributed by atoms with Gasteiger partial charge in [0.2, 0.25) is 5.91 Å². The molecule has 1 N–H and O–H groups in total. The van der Waals surface area contributed by atoms with Crippen molar-refractivity contribution >= 4 is 33.5 Å². The topological polar surface area (TPSA) is 98.5 Å². The number of non-ortho nitro benzene ring substituents is 1. The molecule has 1 amide bonds. The van der Waals surface area contributed by atoms with Crippen LogP contribution in [0.3, 0.4) is 0 Å². The second-order valence-electron chi connectivity index (χ2n) is 4.52. The first kappa shape index (κ1) is 18.1. The Morgan fingerprint density at radius 1 is 1.18 bits per heavy atom. The molecule has 0 aromatic heterocycles. The molecule has 0 aliphatic rings. The summed E-state index contributed by atoms with van der Waals surface area (Å²) < 4.78 is 5.07. The molecule has 8 heteroatoms. The lowest BCUT2D eigenvalue weighted by Crippen LogP contribution is -2.25. The molecule has 1 rings (SSSR count). The molecule has 0 spiro atoms. The van der Waals surface area contributed by atoms with Crippen LogP contribution in [0.2, 0.25) is 0 Å². The molecule has 0 fully saturated rings. The highest BCUT2D eigenvalue weighted by molar-refractivity contribution is 9.09. The number of nitro benzene ring substituents is 1. The van der Waals surface area contributed by atoms with Crippen molar-refractivity contribution in [1.82, 2.24) is 5.32 Å². The van der Waals surface area contributed by atoms with E-state index in [-0.39, 0.29) is 29.3 Å². The Kier molecular flexibility index (Phi) is 8.13. The van der Waals surface area contributed by atoms with Crippen LogP contribution in [-0.2, 0) is 9.59 Å². The quantitative estimate of drug-likeness (QED) is 0.179. The molecule has 22 heavy (non-hydrogen) atoms. The summed E-state index contributed by atoms with van der Waals surface area (Å²) in [5.41, 5.74) is -0.0506. The average molecular weight is 373 g/mol. The van der Waals surface area contributed by atoms with Gasteiger partial charge in [-0.3, -0.25) is 19.7 Å². The van der Waals surface area contributed by atoms with Crippen molar-refractivity contribution in [3.8, 4) is 5.75 Å². The third-order valence-corrected chi connectivity index (χ3v) is 3.29. The molecule has 0 saturated heterocycles. The maximum absolute atomic E-state index is 11.6. The van der Waals surface area contributed by atoms with Crippen molar-refractivity contribution in [2.24, 2.45) is 0 Å². The molecule has 1 aromatic rings. The van der Waals surface area contributed by atoms with Gasteiger partial charge in [0.25, 0.3) is 5.69 Å². The normalized spacial score (nSPS) is 10.0. The number of carbonyl (C=O) groups is 2. The molecule has 0 saturated carbocycles. The molecule has 0 atom stereocenters. The molecule has 0 unspecified atom stereocenters. The number of amides is 1. The number of rotatable bonds is 9. The molecule has 1 aromatic carbocycles. The number of nitro groups is 1. The van der Waals surface area contributed by atoms with E-state index in [4.69, 9.17) is 4.74 Å². The van der Waals surface area contributed by atoms with Gasteiger partial charge in [0.1, 0.15) is 5.75 Å². The summed E-state index contributed by atoms with van der Waals surface area (Å²) in [7, 11) is 0. The second kappa shape index (κ2) is 9.88. The Labute approximate surface area is 136 Å². The number of halogens is 1. The van der Waals surface area contributed by atoms with Gasteiger partial charge < -0.3 is 10.1 Å². The van der Waals surface area contributed by atoms with E-state index in [1.807, 2.05) is 0 Å². The molecular weight excluding hydrogens is 356 g/mol. The largest absolute Gasteiger partial charge is 0.427 e. The summed E-state index contributed by atoms with van der Waals surface area (Å²) in [6.45, 7) is 0.585. The fourth-order valence-corrected chi connectivity index (χ4v) is 1.86. The predicted molar refractivity (Wildman–Crippen MR) is 84.0 cm³/mol. The summed E-state index contributed by atoms with van der Waals surface area (Å²) in [5.74, 6) is -0.142. The first-order chi connectivity index (χ1) is 10.5. The molecule has 0 heterocycles. The van der Waals surface area contributed by atoms with Gasteiger partial charge in [0, 0.05) is 25.1 Å². The van der Waals surface area contributed by atoms with Crippen LogP contribution in [0.15, 0.2) is 24.3 Å². The van der Waals surface area contributed by atoms with E-state index in [2.05, 4.69) is 21.2 Å². The number of hydrogen-bond acceptors (Lipinski definition) is 5. The van der Waals surface area contributed by atoms with Crippen molar-refractivity contribution in [2.75, 3.05) is 11.9 Å². The van der Waals surface area contributed by atoms with Crippen LogP contribution >= 0.6 is 15.9 Å². The van der Waals surface area contributed by atoms with Gasteiger partial charge in [0.05, 0.1) is 10.3 Å². The number of alkyl halides is 1. The Morgan fingerprint density at radius 2 is 1.86 bits per heavy atom. The summed E-state index contributed by atoms with van der Waals surface area (Å²) in [4.78, 5) is 32.5. The zero-order valence-electron chi connectivity index (χ0n) is 11.9. The lowest BCUT2D eigenvalue weighted by atomic mass is 10.2. The van der Waals surface area contributed by atoms with Crippen LogP contribution in [0.1, 0.15) is 25.7 Å². The third kappa shape index (κ3) is 7.16. The fourth-order valence-electron chi connectivity index (χ4n) is 1.66. The number of hydrogen-bond donors (Lipinski definition) is 1. The molecule has 0 aliphatic heterocycles. The number of nitrogens with zero attached hydrogens (tertiary/aromatic N) is 1. The molecule has 0 bridgehead atoms. The summed E-state index contributed by atoms with van der Waals surface area (Å²) in [5, 5.41) is 13.5. The standard InChI is InChI=1S/C14H17BrN2O5/c15-10-13(18)16-9-3-1-2-4-14(19)22-12-7-5-11(6-8-12)17(20)21/h5-8H,1-4,9-10H2,(H,16,18). The minimum atomic E-state index is -0.514. The first-order valence-corrected chi connectivity index (χ1v) is 7.93. The monoisotopic (exact) mass is 372 g/mol. The van der Waals surface area contributed by atoms with Crippen LogP contribution in [-0.4, -0.2) is 28.7 Å². The lowest BCUT2D eigenvalue weighted by molar-refractivity contribution is -0.384. The van der Waals surface area contributed by atoms with E-state index in [1.165, 1.54) is 24.3 Å². The minimum absolute atomic E-state index is 0.0506. The van der Waals surface area contributed by atoms with Crippen LogP contribution < -0.4 is 10.1 Å². The lowest BCUT2D eigenvalue weighted by Gasteiger charge is -2.05. The Balaban J connectivity index is 2.18. The van der Waals surface area contributed by atoms with Crippen LogP contribution in [0.4, 0.5) is 5.69 Å². The van der Waals surface area contributed by atoms with Crippen molar-refractivity contribution in [1.29, 1.82) is 0 Å². The summed E-state index contributed by atoms with van der Waals surface area (Å²) >= 11 is 3.05. The van der Waals surface area contributed by atoms with Crippen molar-refractivity contribution in [3.05, 3.63) is 34.4 Å². The molecule has 7 nitrogen and oxygen atoms in total. The van der Waals surface area contributed by atoms with E-state index in [0.29, 0.717) is 18.7 Å². The Bertz CT molecular complexity index is 518. The number of carbonyl (C=O) groups excluding carboxylic acids is 2. The van der Waals surface area contributed by atoms with Crippen LogP contribution in [0.5, 0.6) is 5.75 Å². The van der Waals surface area contributed by atoms with E-state index >= 15 is 0 Å². The number of unbranched alkanes of at least 4 members (excludes halogenated alkanes) is 2. The molecule has 0 aliphatic carbocycles. The third-order valence-electron chi connectivity index (χ3n) is 2.78. The molecule has 0 radical (unpaired) electrons. The number of esters is 1. The number of nitrogens with one attached hydrogen (secondary N) is 1. The maximum atomic E-state index is 11.6. The van der Waals surface area contributed by atoms with Crippen LogP contribution in [0.25, 0.3) is 0 Å². The minimum Gasteiger partial charge on any atom is -0.427 e. The van der Waals surface area contributed by atoms with E-state index in [9.17, 15) is 19.7 Å². The highest BCUT2D eigenvalue weighted by Crippen LogP contribution is 2.18. The van der Waals surface area contributed by atoms with Crippen molar-refractivity contribution in [2.45, 2.75) is 25.7 Å². The SMILES string of the molecule is O=C(CBr)NCCCCCC(=O)Oc1ccc([N+](=O)[O-])cc1. The van der Waals surface area contributed by atoms with Gasteiger partial charge in [-0.25, -0.2) is 0 Å². The van der Waals surface area contributed by atoms with Crippen molar-refractivity contribution in [3.63, 3.8) is 0 Å². The number of ether oxygens (including phenoxy) is 1. The first-order valence-electron chi connectivity index (χ1n) is 6.80. The maximum Gasteiger partial charge on any atom is 0.311 e. The Hall–Kier alpha value is -1.96. The van der Waals surface area contributed by atoms with Gasteiger partial charge >= 0.3 is 5.97 Å². The average Bonchev–Trinajstić information content (AvgIpc) is 2.50. The van der Waals surface area contributed by atoms with Crippen molar-refractivity contribution < 1.29 is 19.2 Å². The van der Waals surface area contributed by atoms with E-state index < -0.39 is 4.92 Å². The van der Waals surface area contributed by atoms with Gasteiger partial charge in [0.15, 0.2) is 0 Å². The molecular formula is C14H17BrN2O5. The van der Waals surface area contributed by atoms with Gasteiger partial charge in [-0.2, -0.15) is 0 Å². The van der Waals surface area contributed by atoms with Gasteiger partial charge in [-0.15, -0.1) is 0 Å². The van der Waals surface area contributed by atoms with Gasteiger partial charge in [-0.1, -0.05) is 22.4 Å². The fraction of sp³-hybridized carbons (Fsp3) is 0.429. The Morgan fingerprint density at radius 3 is 2.45 bits per heavy atom. The highest BCUT2D eigenvalue weighted by Gasteiger charge is 2.08. The highest BCUT2D eigenvalue weighted by atomic mass is 79.9. The summed E-state index contributed by atoms with van der Waals surface area (Å²) in [6.07, 6.45) is 2.53. The zero-order valence-corrected chi connectivity index (χ0v) is 13.5. The van der Waals surface area contributed by atoms with Crippen LogP contribution in [0, 0.1) is 10.1 Å². The molecule has 120 valence electrons. The van der Waals surface area contributed by atoms with Gasteiger partial charge in [-0.05, 0) is 25.0 Å². The zero-order chi connectivity index (χ0) is 16.4. The van der Waals surface area contributed by atoms with E-state index in [0.717, 1.165) is 12.8 Å². The second-order valence-corrected chi connectivity index (χ2v) is 5.08. The smallest absolute Gasteiger partial charge is 0.311 e. The van der Waals surface area contributed by atoms with E-state index in [1.54, 1.807) is 0 Å².